The number of esters is 3. The number of rotatable bonds is 4. The van der Waals surface area contributed by atoms with Crippen LogP contribution in [0.5, 0.6) is 0 Å². The second-order valence-corrected chi connectivity index (χ2v) is 11.9. The zero-order valence-corrected chi connectivity index (χ0v) is 21.6. The summed E-state index contributed by atoms with van der Waals surface area (Å²) in [6, 6.07) is 0. The van der Waals surface area contributed by atoms with Gasteiger partial charge in [0.05, 0.1) is 25.7 Å². The van der Waals surface area contributed by atoms with Crippen LogP contribution in [0.4, 0.5) is 0 Å². The quantitative estimate of drug-likeness (QED) is 0.349. The maximum absolute atomic E-state index is 13.4. The summed E-state index contributed by atoms with van der Waals surface area (Å²) in [4.78, 5) is 52.3. The highest BCUT2D eigenvalue weighted by atomic mass is 16.6. The van der Waals surface area contributed by atoms with E-state index >= 15 is 0 Å². The molecule has 2 saturated carbocycles. The second kappa shape index (κ2) is 8.25. The minimum Gasteiger partial charge on any atom is -0.504 e. The van der Waals surface area contributed by atoms with E-state index in [-0.39, 0.29) is 37.5 Å². The minimum atomic E-state index is -2.19. The highest BCUT2D eigenvalue weighted by Gasteiger charge is 2.85. The molecular weight excluding hydrogens is 488 g/mol. The van der Waals surface area contributed by atoms with Crippen LogP contribution in [0.15, 0.2) is 11.3 Å². The van der Waals surface area contributed by atoms with E-state index in [1.54, 1.807) is 13.8 Å². The molecule has 10 atom stereocenters. The molecule has 0 radical (unpaired) electrons. The Morgan fingerprint density at radius 1 is 1.19 bits per heavy atom. The van der Waals surface area contributed by atoms with Gasteiger partial charge in [0.2, 0.25) is 11.7 Å². The Labute approximate surface area is 214 Å². The average Bonchev–Trinajstić information content (AvgIpc) is 3.12. The lowest BCUT2D eigenvalue weighted by Crippen LogP contribution is -2.79. The molecule has 204 valence electrons. The van der Waals surface area contributed by atoms with Gasteiger partial charge in [-0.25, -0.2) is 9.59 Å². The summed E-state index contributed by atoms with van der Waals surface area (Å²) in [6.07, 6.45) is -5.87. The highest BCUT2D eigenvalue weighted by molar-refractivity contribution is 5.95. The molecule has 2 saturated heterocycles. The molecule has 0 aromatic heterocycles. The summed E-state index contributed by atoms with van der Waals surface area (Å²) in [5.74, 6) is -6.09. The number of ketones is 1. The monoisotopic (exact) mass is 522 g/mol. The fourth-order valence-corrected chi connectivity index (χ4v) is 8.38. The van der Waals surface area contributed by atoms with Crippen LogP contribution in [0.1, 0.15) is 47.0 Å². The van der Waals surface area contributed by atoms with Gasteiger partial charge in [0, 0.05) is 24.2 Å². The van der Waals surface area contributed by atoms with Crippen molar-refractivity contribution < 1.29 is 53.4 Å². The number of Topliss-reactive ketones (excluding diaryl/α,β-unsaturated/α-hetero) is 1. The molecule has 2 bridgehead atoms. The molecule has 3 N–H and O–H groups in total. The zero-order chi connectivity index (χ0) is 27.2. The summed E-state index contributed by atoms with van der Waals surface area (Å²) < 4.78 is 22.6. The molecule has 0 amide bonds. The number of hydrogen-bond donors (Lipinski definition) is 3. The van der Waals surface area contributed by atoms with Crippen molar-refractivity contribution in [1.82, 2.24) is 0 Å². The van der Waals surface area contributed by atoms with Crippen LogP contribution in [0.3, 0.4) is 0 Å². The average molecular weight is 523 g/mol. The molecule has 11 nitrogen and oxygen atoms in total. The van der Waals surface area contributed by atoms with Gasteiger partial charge in [-0.05, 0) is 36.2 Å². The van der Waals surface area contributed by atoms with Gasteiger partial charge >= 0.3 is 17.9 Å². The lowest BCUT2D eigenvalue weighted by Gasteiger charge is -2.67. The number of hydrogen-bond acceptors (Lipinski definition) is 11. The first-order valence-electron chi connectivity index (χ1n) is 12.7. The van der Waals surface area contributed by atoms with Crippen molar-refractivity contribution in [2.45, 2.75) is 77.0 Å². The van der Waals surface area contributed by atoms with E-state index in [4.69, 9.17) is 18.9 Å². The SMILES string of the molecule is COC(=O)C12OCC34C(CC5C(C)=C(O)C(=O)CC5(C)C3C(O)C1O)OC(=O)C(OC(=O)CC(C)C)C24. The van der Waals surface area contributed by atoms with Gasteiger partial charge in [0.25, 0.3) is 0 Å². The molecule has 0 aromatic rings. The Bertz CT molecular complexity index is 1100. The molecule has 4 fully saturated rings. The van der Waals surface area contributed by atoms with Crippen molar-refractivity contribution in [3.05, 3.63) is 11.3 Å². The summed E-state index contributed by atoms with van der Waals surface area (Å²) in [5, 5.41) is 33.6. The number of carbonyl (C=O) groups excluding carboxylic acids is 4. The fourth-order valence-electron chi connectivity index (χ4n) is 8.38. The Morgan fingerprint density at radius 2 is 1.86 bits per heavy atom. The van der Waals surface area contributed by atoms with E-state index in [2.05, 4.69) is 0 Å². The van der Waals surface area contributed by atoms with Crippen molar-refractivity contribution >= 4 is 23.7 Å². The smallest absolute Gasteiger partial charge is 0.348 e. The van der Waals surface area contributed by atoms with E-state index in [1.807, 2.05) is 13.8 Å². The van der Waals surface area contributed by atoms with E-state index in [0.29, 0.717) is 5.57 Å². The third-order valence-electron chi connectivity index (χ3n) is 9.67. The summed E-state index contributed by atoms with van der Waals surface area (Å²) >= 11 is 0. The van der Waals surface area contributed by atoms with Crippen LogP contribution < -0.4 is 0 Å². The van der Waals surface area contributed by atoms with Crippen molar-refractivity contribution in [2.75, 3.05) is 13.7 Å². The normalized spacial score (nSPS) is 46.2. The maximum Gasteiger partial charge on any atom is 0.348 e. The lowest BCUT2D eigenvalue weighted by molar-refractivity contribution is -0.290. The van der Waals surface area contributed by atoms with Crippen LogP contribution >= 0.6 is 0 Å². The molecule has 5 rings (SSSR count). The zero-order valence-electron chi connectivity index (χ0n) is 21.6. The van der Waals surface area contributed by atoms with Gasteiger partial charge in [-0.1, -0.05) is 20.8 Å². The number of ether oxygens (including phenoxy) is 4. The fraction of sp³-hybridized carbons (Fsp3) is 0.769. The molecule has 5 aliphatic rings. The first-order valence-corrected chi connectivity index (χ1v) is 12.7. The van der Waals surface area contributed by atoms with Gasteiger partial charge in [-0.3, -0.25) is 9.59 Å². The molecule has 37 heavy (non-hydrogen) atoms. The van der Waals surface area contributed by atoms with Crippen molar-refractivity contribution in [3.8, 4) is 0 Å². The molecule has 11 heteroatoms. The highest BCUT2D eigenvalue weighted by Crippen LogP contribution is 2.72. The van der Waals surface area contributed by atoms with Gasteiger partial charge in [0.15, 0.2) is 11.5 Å². The topological polar surface area (TPSA) is 166 Å². The van der Waals surface area contributed by atoms with Crippen LogP contribution in [0, 0.1) is 34.5 Å². The van der Waals surface area contributed by atoms with Gasteiger partial charge in [-0.2, -0.15) is 0 Å². The Morgan fingerprint density at radius 3 is 2.49 bits per heavy atom. The lowest BCUT2D eigenvalue weighted by atomic mass is 9.38. The number of fused-ring (bicyclic) bond motifs is 2. The van der Waals surface area contributed by atoms with Crippen LogP contribution in [0.2, 0.25) is 0 Å². The van der Waals surface area contributed by atoms with E-state index in [0.717, 1.165) is 7.11 Å². The van der Waals surface area contributed by atoms with Crippen molar-refractivity contribution in [2.24, 2.45) is 34.5 Å². The summed E-state index contributed by atoms with van der Waals surface area (Å²) in [5.41, 5.74) is -4.05. The third kappa shape index (κ3) is 3.10. The van der Waals surface area contributed by atoms with Crippen molar-refractivity contribution in [1.29, 1.82) is 0 Å². The summed E-state index contributed by atoms with van der Waals surface area (Å²) in [6.45, 7) is 6.84. The molecule has 3 aliphatic carbocycles. The largest absolute Gasteiger partial charge is 0.504 e. The number of aliphatic hydroxyl groups is 3. The van der Waals surface area contributed by atoms with E-state index < -0.39 is 82.3 Å². The molecule has 0 aromatic carbocycles. The van der Waals surface area contributed by atoms with Gasteiger partial charge < -0.3 is 34.3 Å². The number of carbonyl (C=O) groups is 4. The van der Waals surface area contributed by atoms with E-state index in [1.165, 1.54) is 0 Å². The van der Waals surface area contributed by atoms with Crippen LogP contribution in [-0.2, 0) is 38.1 Å². The predicted molar refractivity (Wildman–Crippen MR) is 123 cm³/mol. The molecule has 10 unspecified atom stereocenters. The third-order valence-corrected chi connectivity index (χ3v) is 9.67. The maximum atomic E-state index is 13.4. The first kappa shape index (κ1) is 26.1. The standard InChI is InChI=1S/C26H34O11/c1-10(2)6-15(28)37-18-20-25-9-35-26(20,23(33)34-5)21(31)17(30)19(25)24(4)8-13(27)16(29)11(3)12(24)7-14(25)36-22(18)32/h10,12,14,17-21,29-31H,6-9H2,1-5H3. The van der Waals surface area contributed by atoms with Crippen LogP contribution in [0.25, 0.3) is 0 Å². The molecule has 2 aliphatic heterocycles. The number of methoxy groups -OCH3 is 1. The predicted octanol–water partition coefficient (Wildman–Crippen LogP) is 0.597. The summed E-state index contributed by atoms with van der Waals surface area (Å²) in [7, 11) is 1.10. The molecular formula is C26H34O11. The number of aliphatic hydroxyl groups excluding tert-OH is 3. The Balaban J connectivity index is 1.72. The Kier molecular flexibility index (Phi) is 5.82. The van der Waals surface area contributed by atoms with Gasteiger partial charge in [-0.15, -0.1) is 0 Å². The van der Waals surface area contributed by atoms with Crippen molar-refractivity contribution in [3.63, 3.8) is 0 Å². The first-order chi connectivity index (χ1) is 17.3. The van der Waals surface area contributed by atoms with Gasteiger partial charge in [0.1, 0.15) is 12.2 Å². The Hall–Kier alpha value is -2.50. The number of allylic oxidation sites excluding steroid dienone is 2. The minimum absolute atomic E-state index is 0.00513. The molecule has 1 spiro atoms. The van der Waals surface area contributed by atoms with E-state index in [9.17, 15) is 34.5 Å². The second-order valence-electron chi connectivity index (χ2n) is 11.9. The molecule has 2 heterocycles. The van der Waals surface area contributed by atoms with Crippen LogP contribution in [-0.4, -0.2) is 82.7 Å².